The lowest BCUT2D eigenvalue weighted by Crippen LogP contribution is -2.19. The maximum absolute atomic E-state index is 5.46. The molecule has 0 fully saturated rings. The van der Waals surface area contributed by atoms with Gasteiger partial charge in [0, 0.05) is 26.9 Å². The molecule has 0 aromatic carbocycles. The number of hydrogen-bond acceptors (Lipinski definition) is 3. The molecule has 0 spiro atoms. The monoisotopic (exact) mass is 203 g/mol. The predicted molar refractivity (Wildman–Crippen MR) is 59.6 cm³/mol. The average molecular weight is 203 g/mol. The van der Waals surface area contributed by atoms with Crippen LogP contribution in [0.4, 0.5) is 0 Å². The third-order valence-electron chi connectivity index (χ3n) is 1.80. The molecule has 86 valence electrons. The highest BCUT2D eigenvalue weighted by Crippen LogP contribution is 1.92. The highest BCUT2D eigenvalue weighted by Gasteiger charge is 1.93. The van der Waals surface area contributed by atoms with Crippen LogP contribution in [-0.2, 0) is 9.47 Å². The summed E-state index contributed by atoms with van der Waals surface area (Å²) in [5.41, 5.74) is 0. The van der Waals surface area contributed by atoms with Gasteiger partial charge in [0.15, 0.2) is 0 Å². The minimum Gasteiger partial charge on any atom is -0.385 e. The highest BCUT2D eigenvalue weighted by molar-refractivity contribution is 4.48. The van der Waals surface area contributed by atoms with Crippen molar-refractivity contribution in [3.8, 4) is 0 Å². The Morgan fingerprint density at radius 2 is 1.71 bits per heavy atom. The summed E-state index contributed by atoms with van der Waals surface area (Å²) in [6.07, 6.45) is 2.18. The summed E-state index contributed by atoms with van der Waals surface area (Å²) in [7, 11) is 1.74. The molecule has 0 aliphatic carbocycles. The Bertz CT molecular complexity index is 107. The van der Waals surface area contributed by atoms with Crippen LogP contribution >= 0.6 is 0 Å². The normalized spacial score (nSPS) is 11.1. The fourth-order valence-electron chi connectivity index (χ4n) is 1.08. The van der Waals surface area contributed by atoms with Crippen LogP contribution in [0.25, 0.3) is 0 Å². The molecule has 0 saturated heterocycles. The van der Waals surface area contributed by atoms with E-state index in [1.54, 1.807) is 7.11 Å². The van der Waals surface area contributed by atoms with E-state index >= 15 is 0 Å². The second-order valence-electron chi connectivity index (χ2n) is 3.92. The summed E-state index contributed by atoms with van der Waals surface area (Å²) in [4.78, 5) is 0. The molecule has 0 aliphatic heterocycles. The standard InChI is InChI=1S/C11H25NO2/c1-11(2)10-14-9-5-7-12-6-4-8-13-3/h11-12H,4-10H2,1-3H3. The van der Waals surface area contributed by atoms with E-state index in [4.69, 9.17) is 9.47 Å². The second kappa shape index (κ2) is 11.0. The van der Waals surface area contributed by atoms with Crippen molar-refractivity contribution >= 4 is 0 Å². The van der Waals surface area contributed by atoms with Crippen LogP contribution in [-0.4, -0.2) is 40.0 Å². The van der Waals surface area contributed by atoms with Gasteiger partial charge in [-0.2, -0.15) is 0 Å². The summed E-state index contributed by atoms with van der Waals surface area (Å²) >= 11 is 0. The predicted octanol–water partition coefficient (Wildman–Crippen LogP) is 1.68. The zero-order chi connectivity index (χ0) is 10.6. The Hall–Kier alpha value is -0.120. The first-order chi connectivity index (χ1) is 6.77. The Morgan fingerprint density at radius 3 is 2.29 bits per heavy atom. The number of nitrogens with one attached hydrogen (secondary N) is 1. The Morgan fingerprint density at radius 1 is 1.07 bits per heavy atom. The van der Waals surface area contributed by atoms with Gasteiger partial charge in [0.1, 0.15) is 0 Å². The Balaban J connectivity index is 2.85. The van der Waals surface area contributed by atoms with Gasteiger partial charge in [-0.25, -0.2) is 0 Å². The Labute approximate surface area is 88.2 Å². The molecule has 0 radical (unpaired) electrons. The van der Waals surface area contributed by atoms with E-state index in [2.05, 4.69) is 19.2 Å². The van der Waals surface area contributed by atoms with Crippen LogP contribution in [0.15, 0.2) is 0 Å². The summed E-state index contributed by atoms with van der Waals surface area (Å²) in [5, 5.41) is 3.35. The van der Waals surface area contributed by atoms with Gasteiger partial charge in [0.2, 0.25) is 0 Å². The van der Waals surface area contributed by atoms with E-state index in [9.17, 15) is 0 Å². The average Bonchev–Trinajstić information content (AvgIpc) is 2.15. The van der Waals surface area contributed by atoms with E-state index in [1.165, 1.54) is 0 Å². The summed E-state index contributed by atoms with van der Waals surface area (Å²) in [6, 6.07) is 0. The van der Waals surface area contributed by atoms with Crippen molar-refractivity contribution in [2.24, 2.45) is 5.92 Å². The van der Waals surface area contributed by atoms with Crippen LogP contribution in [0.5, 0.6) is 0 Å². The van der Waals surface area contributed by atoms with E-state index in [0.717, 1.165) is 45.8 Å². The number of rotatable bonds is 10. The van der Waals surface area contributed by atoms with E-state index in [1.807, 2.05) is 0 Å². The third-order valence-corrected chi connectivity index (χ3v) is 1.80. The molecule has 0 heterocycles. The third kappa shape index (κ3) is 11.9. The molecule has 1 N–H and O–H groups in total. The number of ether oxygens (including phenoxy) is 2. The summed E-state index contributed by atoms with van der Waals surface area (Å²) in [6.45, 7) is 9.02. The quantitative estimate of drug-likeness (QED) is 0.548. The molecule has 0 aromatic rings. The van der Waals surface area contributed by atoms with Crippen molar-refractivity contribution in [1.82, 2.24) is 5.32 Å². The lowest BCUT2D eigenvalue weighted by molar-refractivity contribution is 0.108. The van der Waals surface area contributed by atoms with Gasteiger partial charge < -0.3 is 14.8 Å². The maximum Gasteiger partial charge on any atom is 0.0489 e. The first kappa shape index (κ1) is 13.9. The second-order valence-corrected chi connectivity index (χ2v) is 3.92. The Kier molecular flexibility index (Phi) is 10.9. The summed E-state index contributed by atoms with van der Waals surface area (Å²) < 4.78 is 10.4. The van der Waals surface area contributed by atoms with Crippen LogP contribution in [0.2, 0.25) is 0 Å². The van der Waals surface area contributed by atoms with Crippen molar-refractivity contribution < 1.29 is 9.47 Å². The molecule has 0 atom stereocenters. The molecule has 0 saturated carbocycles. The fourth-order valence-corrected chi connectivity index (χ4v) is 1.08. The molecule has 0 bridgehead atoms. The minimum atomic E-state index is 0.643. The molecule has 14 heavy (non-hydrogen) atoms. The van der Waals surface area contributed by atoms with Gasteiger partial charge in [-0.05, 0) is 31.8 Å². The molecule has 0 rings (SSSR count). The van der Waals surface area contributed by atoms with Crippen molar-refractivity contribution in [1.29, 1.82) is 0 Å². The first-order valence-electron chi connectivity index (χ1n) is 5.54. The SMILES string of the molecule is COCCCNCCCOCC(C)C. The van der Waals surface area contributed by atoms with E-state index in [-0.39, 0.29) is 0 Å². The molecule has 3 nitrogen and oxygen atoms in total. The van der Waals surface area contributed by atoms with E-state index < -0.39 is 0 Å². The minimum absolute atomic E-state index is 0.643. The molecule has 3 heteroatoms. The van der Waals surface area contributed by atoms with Gasteiger partial charge in [-0.15, -0.1) is 0 Å². The van der Waals surface area contributed by atoms with Crippen LogP contribution < -0.4 is 5.32 Å². The van der Waals surface area contributed by atoms with Crippen molar-refractivity contribution in [2.45, 2.75) is 26.7 Å². The lowest BCUT2D eigenvalue weighted by Gasteiger charge is -2.07. The molecule has 0 aliphatic rings. The number of methoxy groups -OCH3 is 1. The maximum atomic E-state index is 5.46. The lowest BCUT2D eigenvalue weighted by atomic mass is 10.2. The van der Waals surface area contributed by atoms with Crippen molar-refractivity contribution in [3.63, 3.8) is 0 Å². The zero-order valence-corrected chi connectivity index (χ0v) is 9.84. The van der Waals surface area contributed by atoms with Gasteiger partial charge in [-0.1, -0.05) is 13.8 Å². The molecule has 0 aromatic heterocycles. The molecule has 0 amide bonds. The van der Waals surface area contributed by atoms with Crippen molar-refractivity contribution in [3.05, 3.63) is 0 Å². The number of hydrogen-bond donors (Lipinski definition) is 1. The van der Waals surface area contributed by atoms with Gasteiger partial charge in [0.05, 0.1) is 0 Å². The van der Waals surface area contributed by atoms with Gasteiger partial charge in [-0.3, -0.25) is 0 Å². The highest BCUT2D eigenvalue weighted by atomic mass is 16.5. The van der Waals surface area contributed by atoms with Gasteiger partial charge in [0.25, 0.3) is 0 Å². The largest absolute Gasteiger partial charge is 0.385 e. The molecular formula is C11H25NO2. The van der Waals surface area contributed by atoms with Crippen LogP contribution in [0.1, 0.15) is 26.7 Å². The van der Waals surface area contributed by atoms with Crippen LogP contribution in [0.3, 0.4) is 0 Å². The van der Waals surface area contributed by atoms with Crippen molar-refractivity contribution in [2.75, 3.05) is 40.0 Å². The van der Waals surface area contributed by atoms with Gasteiger partial charge >= 0.3 is 0 Å². The zero-order valence-electron chi connectivity index (χ0n) is 9.84. The smallest absolute Gasteiger partial charge is 0.0489 e. The molecular weight excluding hydrogens is 178 g/mol. The summed E-state index contributed by atoms with van der Waals surface area (Å²) in [5.74, 6) is 0.643. The molecule has 0 unspecified atom stereocenters. The fraction of sp³-hybridized carbons (Fsp3) is 1.00. The van der Waals surface area contributed by atoms with Crippen LogP contribution in [0, 0.1) is 5.92 Å². The van der Waals surface area contributed by atoms with E-state index in [0.29, 0.717) is 5.92 Å². The topological polar surface area (TPSA) is 30.5 Å². The first-order valence-corrected chi connectivity index (χ1v) is 5.54.